The lowest BCUT2D eigenvalue weighted by atomic mass is 9.92. The van der Waals surface area contributed by atoms with Gasteiger partial charge in [-0.25, -0.2) is 4.39 Å². The molecular weight excluding hydrogens is 189 g/mol. The number of hydrogen-bond acceptors (Lipinski definition) is 1. The van der Waals surface area contributed by atoms with Crippen LogP contribution in [-0.2, 0) is 0 Å². The predicted molar refractivity (Wildman–Crippen MR) is 62.1 cm³/mol. The summed E-state index contributed by atoms with van der Waals surface area (Å²) >= 11 is 0. The lowest BCUT2D eigenvalue weighted by Crippen LogP contribution is -2.15. The maximum absolute atomic E-state index is 13.1. The lowest BCUT2D eigenvalue weighted by molar-refractivity contribution is 0.459. The van der Waals surface area contributed by atoms with Gasteiger partial charge < -0.3 is 5.73 Å². The first kappa shape index (κ1) is 12.2. The first-order valence-electron chi connectivity index (χ1n) is 5.56. The van der Waals surface area contributed by atoms with Crippen molar-refractivity contribution >= 4 is 0 Å². The molecule has 0 aromatic heterocycles. The summed E-state index contributed by atoms with van der Waals surface area (Å²) in [5.41, 5.74) is 8.09. The second-order valence-electron chi connectivity index (χ2n) is 4.36. The topological polar surface area (TPSA) is 26.0 Å². The van der Waals surface area contributed by atoms with E-state index in [1.165, 1.54) is 6.07 Å². The minimum Gasteiger partial charge on any atom is -0.324 e. The van der Waals surface area contributed by atoms with Gasteiger partial charge >= 0.3 is 0 Å². The molecule has 0 spiro atoms. The molecule has 2 atom stereocenters. The molecule has 0 fully saturated rings. The van der Waals surface area contributed by atoms with Crippen LogP contribution in [0.3, 0.4) is 0 Å². The summed E-state index contributed by atoms with van der Waals surface area (Å²) in [6.07, 6.45) is 2.03. The van der Waals surface area contributed by atoms with Gasteiger partial charge in [-0.3, -0.25) is 0 Å². The van der Waals surface area contributed by atoms with Crippen LogP contribution >= 0.6 is 0 Å². The number of hydrogen-bond donors (Lipinski definition) is 1. The molecular formula is C13H20FN. The van der Waals surface area contributed by atoms with Gasteiger partial charge in [0, 0.05) is 6.04 Å². The van der Waals surface area contributed by atoms with Crippen LogP contribution in [0.1, 0.15) is 43.9 Å². The highest BCUT2D eigenvalue weighted by Gasteiger charge is 2.12. The van der Waals surface area contributed by atoms with E-state index < -0.39 is 0 Å². The van der Waals surface area contributed by atoms with Crippen molar-refractivity contribution in [1.29, 1.82) is 0 Å². The molecule has 2 heteroatoms. The zero-order valence-corrected chi connectivity index (χ0v) is 9.76. The fraction of sp³-hybridized carbons (Fsp3) is 0.538. The second-order valence-corrected chi connectivity index (χ2v) is 4.36. The molecule has 0 aliphatic rings. The second kappa shape index (κ2) is 5.26. The first-order valence-corrected chi connectivity index (χ1v) is 5.56. The van der Waals surface area contributed by atoms with Crippen LogP contribution in [0.15, 0.2) is 18.2 Å². The monoisotopic (exact) mass is 209 g/mol. The van der Waals surface area contributed by atoms with Crippen molar-refractivity contribution in [3.63, 3.8) is 0 Å². The van der Waals surface area contributed by atoms with Crippen LogP contribution in [0, 0.1) is 18.7 Å². The van der Waals surface area contributed by atoms with E-state index in [1.54, 1.807) is 12.1 Å². The van der Waals surface area contributed by atoms with Gasteiger partial charge in [0.25, 0.3) is 0 Å². The fourth-order valence-electron chi connectivity index (χ4n) is 1.74. The normalized spacial score (nSPS) is 15.0. The van der Waals surface area contributed by atoms with Crippen molar-refractivity contribution in [2.24, 2.45) is 11.7 Å². The van der Waals surface area contributed by atoms with Gasteiger partial charge in [-0.2, -0.15) is 0 Å². The van der Waals surface area contributed by atoms with Gasteiger partial charge in [-0.15, -0.1) is 0 Å². The van der Waals surface area contributed by atoms with Crippen LogP contribution in [0.5, 0.6) is 0 Å². The van der Waals surface area contributed by atoms with E-state index in [9.17, 15) is 4.39 Å². The molecule has 1 aromatic carbocycles. The SMILES string of the molecule is CCC(C)CC(N)c1cc(F)ccc1C. The fourth-order valence-corrected chi connectivity index (χ4v) is 1.74. The molecule has 0 aliphatic carbocycles. The van der Waals surface area contributed by atoms with Gasteiger partial charge in [0.1, 0.15) is 5.82 Å². The van der Waals surface area contributed by atoms with Gasteiger partial charge in [0.15, 0.2) is 0 Å². The van der Waals surface area contributed by atoms with Crippen LogP contribution in [0.4, 0.5) is 4.39 Å². The maximum atomic E-state index is 13.1. The molecule has 0 radical (unpaired) electrons. The number of aryl methyl sites for hydroxylation is 1. The van der Waals surface area contributed by atoms with Gasteiger partial charge in [-0.1, -0.05) is 26.3 Å². The Balaban J connectivity index is 2.80. The van der Waals surface area contributed by atoms with Gasteiger partial charge in [0.05, 0.1) is 0 Å². The Morgan fingerprint density at radius 1 is 1.40 bits per heavy atom. The van der Waals surface area contributed by atoms with Crippen LogP contribution in [0.2, 0.25) is 0 Å². The largest absolute Gasteiger partial charge is 0.324 e. The van der Waals surface area contributed by atoms with Crippen molar-refractivity contribution < 1.29 is 4.39 Å². The summed E-state index contributed by atoms with van der Waals surface area (Å²) in [7, 11) is 0. The molecule has 0 saturated carbocycles. The van der Waals surface area contributed by atoms with E-state index in [1.807, 2.05) is 6.92 Å². The summed E-state index contributed by atoms with van der Waals surface area (Å²) in [6, 6.07) is 4.79. The molecule has 2 unspecified atom stereocenters. The Hall–Kier alpha value is -0.890. The molecule has 84 valence electrons. The lowest BCUT2D eigenvalue weighted by Gasteiger charge is -2.18. The Morgan fingerprint density at radius 3 is 2.67 bits per heavy atom. The highest BCUT2D eigenvalue weighted by atomic mass is 19.1. The molecule has 1 nitrogen and oxygen atoms in total. The predicted octanol–water partition coefficient (Wildman–Crippen LogP) is 3.57. The smallest absolute Gasteiger partial charge is 0.123 e. The van der Waals surface area contributed by atoms with Crippen molar-refractivity contribution in [3.05, 3.63) is 35.1 Å². The number of rotatable bonds is 4. The van der Waals surface area contributed by atoms with Crippen molar-refractivity contribution in [1.82, 2.24) is 0 Å². The minimum atomic E-state index is -0.199. The number of halogens is 1. The molecule has 0 amide bonds. The standard InChI is InChI=1S/C13H20FN/c1-4-9(2)7-13(15)12-8-11(14)6-5-10(12)3/h5-6,8-9,13H,4,7,15H2,1-3H3. The van der Waals surface area contributed by atoms with E-state index in [0.717, 1.165) is 24.0 Å². The Morgan fingerprint density at radius 2 is 2.07 bits per heavy atom. The van der Waals surface area contributed by atoms with E-state index in [4.69, 9.17) is 5.73 Å². The minimum absolute atomic E-state index is 0.0457. The van der Waals surface area contributed by atoms with Crippen LogP contribution in [0.25, 0.3) is 0 Å². The third kappa shape index (κ3) is 3.31. The van der Waals surface area contributed by atoms with Crippen molar-refractivity contribution in [2.45, 2.75) is 39.7 Å². The summed E-state index contributed by atoms with van der Waals surface area (Å²) < 4.78 is 13.1. The number of benzene rings is 1. The third-order valence-corrected chi connectivity index (χ3v) is 2.99. The summed E-state index contributed by atoms with van der Waals surface area (Å²) in [5.74, 6) is 0.387. The van der Waals surface area contributed by atoms with E-state index in [-0.39, 0.29) is 11.9 Å². The molecule has 0 bridgehead atoms. The maximum Gasteiger partial charge on any atom is 0.123 e. The zero-order valence-electron chi connectivity index (χ0n) is 9.76. The summed E-state index contributed by atoms with van der Waals surface area (Å²) in [6.45, 7) is 6.30. The van der Waals surface area contributed by atoms with E-state index in [2.05, 4.69) is 13.8 Å². The van der Waals surface area contributed by atoms with Crippen LogP contribution in [-0.4, -0.2) is 0 Å². The summed E-state index contributed by atoms with van der Waals surface area (Å²) in [5, 5.41) is 0. The molecule has 1 aromatic rings. The van der Waals surface area contributed by atoms with E-state index in [0.29, 0.717) is 5.92 Å². The van der Waals surface area contributed by atoms with Crippen LogP contribution < -0.4 is 5.73 Å². The van der Waals surface area contributed by atoms with E-state index >= 15 is 0 Å². The summed E-state index contributed by atoms with van der Waals surface area (Å²) in [4.78, 5) is 0. The molecule has 0 saturated heterocycles. The number of nitrogens with two attached hydrogens (primary N) is 1. The molecule has 0 heterocycles. The Bertz CT molecular complexity index is 322. The first-order chi connectivity index (χ1) is 7.04. The highest BCUT2D eigenvalue weighted by molar-refractivity contribution is 5.29. The Kier molecular flexibility index (Phi) is 4.28. The Labute approximate surface area is 91.5 Å². The highest BCUT2D eigenvalue weighted by Crippen LogP contribution is 2.24. The average Bonchev–Trinajstić information content (AvgIpc) is 2.21. The molecule has 15 heavy (non-hydrogen) atoms. The average molecular weight is 209 g/mol. The molecule has 1 rings (SSSR count). The van der Waals surface area contributed by atoms with Crippen molar-refractivity contribution in [3.8, 4) is 0 Å². The van der Waals surface area contributed by atoms with Crippen molar-refractivity contribution in [2.75, 3.05) is 0 Å². The zero-order chi connectivity index (χ0) is 11.4. The van der Waals surface area contributed by atoms with Gasteiger partial charge in [0.2, 0.25) is 0 Å². The molecule has 0 aliphatic heterocycles. The third-order valence-electron chi connectivity index (χ3n) is 2.99. The quantitative estimate of drug-likeness (QED) is 0.806. The van der Waals surface area contributed by atoms with Gasteiger partial charge in [-0.05, 0) is 42.5 Å². The molecule has 2 N–H and O–H groups in total.